The summed E-state index contributed by atoms with van der Waals surface area (Å²) in [5.74, 6) is -16.6. The maximum absolute atomic E-state index is 14.6. The summed E-state index contributed by atoms with van der Waals surface area (Å²) in [5.41, 5.74) is 56.8. The molecule has 0 aromatic carbocycles. The third kappa shape index (κ3) is 42.6. The molecule has 0 saturated carbocycles. The highest BCUT2D eigenvalue weighted by Crippen LogP contribution is 2.27. The first-order chi connectivity index (χ1) is 61.8. The van der Waals surface area contributed by atoms with Gasteiger partial charge < -0.3 is 147 Å². The van der Waals surface area contributed by atoms with E-state index >= 15 is 0 Å². The number of guanidine groups is 3. The monoisotopic (exact) mass is 1860 g/mol. The molecule has 744 valence electrons. The van der Waals surface area contributed by atoms with Gasteiger partial charge in [0.2, 0.25) is 94.5 Å². The van der Waals surface area contributed by atoms with E-state index in [9.17, 15) is 86.6 Å². The van der Waals surface area contributed by atoms with Crippen LogP contribution in [0.3, 0.4) is 0 Å². The number of nitrogens with zero attached hydrogens (tertiary/aromatic N) is 5. The van der Waals surface area contributed by atoms with E-state index in [1.54, 1.807) is 69.2 Å². The normalized spacial score (nSPS) is 17.0. The van der Waals surface area contributed by atoms with E-state index in [4.69, 9.17) is 57.3 Å². The van der Waals surface area contributed by atoms with Gasteiger partial charge in [-0.2, -0.15) is 0 Å². The van der Waals surface area contributed by atoms with Gasteiger partial charge in [-0.1, -0.05) is 88.5 Å². The van der Waals surface area contributed by atoms with Crippen LogP contribution in [0.15, 0.2) is 15.0 Å². The fourth-order valence-corrected chi connectivity index (χ4v) is 14.6. The predicted molar refractivity (Wildman–Crippen MR) is 492 cm³/mol. The van der Waals surface area contributed by atoms with Crippen molar-refractivity contribution >= 4 is 118 Å². The number of carboxylic acid groups (broad SMARTS) is 1. The number of rotatable bonds is 63. The van der Waals surface area contributed by atoms with Gasteiger partial charge in [-0.15, -0.1) is 0 Å². The Morgan fingerprint density at radius 3 is 1.21 bits per heavy atom. The van der Waals surface area contributed by atoms with Crippen LogP contribution in [-0.4, -0.2) is 289 Å². The number of amides is 16. The first kappa shape index (κ1) is 116. The molecule has 2 aliphatic heterocycles. The Bertz CT molecular complexity index is 3820. The van der Waals surface area contributed by atoms with Crippen LogP contribution < -0.4 is 132 Å². The number of hydrogen-bond acceptors (Lipinski definition) is 24. The smallest absolute Gasteiger partial charge is 0.326 e. The van der Waals surface area contributed by atoms with Gasteiger partial charge in [0.1, 0.15) is 84.6 Å². The van der Waals surface area contributed by atoms with Crippen LogP contribution in [0.5, 0.6) is 0 Å². The zero-order valence-electron chi connectivity index (χ0n) is 78.6. The Morgan fingerprint density at radius 1 is 0.366 bits per heavy atom. The second-order valence-corrected chi connectivity index (χ2v) is 34.7. The number of aliphatic imine (C=N–C) groups is 3. The summed E-state index contributed by atoms with van der Waals surface area (Å²) in [6, 6.07) is -18.6. The summed E-state index contributed by atoms with van der Waals surface area (Å²) in [4.78, 5) is 252. The van der Waals surface area contributed by atoms with Gasteiger partial charge >= 0.3 is 5.97 Å². The molecular weight excluding hydrogens is 1700 g/mol. The Kier molecular flexibility index (Phi) is 54.2. The largest absolute Gasteiger partial charge is 0.480 e. The molecule has 0 radical (unpaired) electrons. The van der Waals surface area contributed by atoms with Crippen molar-refractivity contribution in [2.24, 2.45) is 102 Å². The lowest BCUT2D eigenvalue weighted by Gasteiger charge is -2.33. The first-order valence-electron chi connectivity index (χ1n) is 45.8. The fraction of sp³-hybridized carbons (Fsp3) is 0.762. The SMILES string of the molecule is CC[C@H](C)[C@H](NC(=O)[C@@H](NC(=O)[C@@H](NC(=O)[C@H](CCCN=C(N)N)NC(=O)[C@H](CCCCN)NC(=O)[C@H](C)NC(=O)[C@H](CCCN=C(N)N)NC(=O)CNC(=O)[C@@H](NC(=O)[C@H](C)NC(=O)CNC(=O)[C@H](CC(C)C)NC(=O)[C@H](CCCCN)NC(=O)[C@@H]1CCCN1C(=O)[C@@H]1CCCN1C(=O)[C@H](CCCN=C(N)N)NC(=O)[C@@H](N)CCCCN)[C@@H](C)CC)C(C)C)C(C)C)C(=O)O. The summed E-state index contributed by atoms with van der Waals surface area (Å²) in [7, 11) is 0. The van der Waals surface area contributed by atoms with Gasteiger partial charge in [-0.3, -0.25) is 91.7 Å². The average molecular weight is 1860 g/mol. The van der Waals surface area contributed by atoms with Gasteiger partial charge in [0.15, 0.2) is 17.9 Å². The van der Waals surface area contributed by atoms with Crippen molar-refractivity contribution in [3.05, 3.63) is 0 Å². The Labute approximate surface area is 768 Å². The van der Waals surface area contributed by atoms with Crippen LogP contribution in [0.2, 0.25) is 0 Å². The van der Waals surface area contributed by atoms with Crippen LogP contribution in [0.1, 0.15) is 224 Å². The average Bonchev–Trinajstić information content (AvgIpc) is 1.67. The van der Waals surface area contributed by atoms with Crippen molar-refractivity contribution in [2.45, 2.75) is 315 Å². The highest BCUT2D eigenvalue weighted by Gasteiger charge is 2.46. The maximum atomic E-state index is 14.6. The van der Waals surface area contributed by atoms with E-state index < -0.39 is 228 Å². The minimum absolute atomic E-state index is 0.00841. The van der Waals surface area contributed by atoms with Crippen molar-refractivity contribution in [3.63, 3.8) is 0 Å². The Hall–Kier alpha value is -11.4. The molecule has 47 nitrogen and oxygen atoms in total. The third-order valence-electron chi connectivity index (χ3n) is 22.6. The molecule has 0 unspecified atom stereocenters. The minimum atomic E-state index is -1.42. The zero-order valence-corrected chi connectivity index (χ0v) is 78.6. The van der Waals surface area contributed by atoms with Crippen LogP contribution >= 0.6 is 0 Å². The molecule has 47 heteroatoms. The van der Waals surface area contributed by atoms with E-state index in [1.165, 1.54) is 23.6 Å². The predicted octanol–water partition coefficient (Wildman–Crippen LogP) is -6.53. The lowest BCUT2D eigenvalue weighted by Crippen LogP contribution is -2.61. The molecular formula is C84H155N29O18. The zero-order chi connectivity index (χ0) is 98.9. The summed E-state index contributed by atoms with van der Waals surface area (Å²) >= 11 is 0. The van der Waals surface area contributed by atoms with Gasteiger partial charge in [0.25, 0.3) is 0 Å². The van der Waals surface area contributed by atoms with E-state index in [1.807, 2.05) is 0 Å². The number of aliphatic carboxylic acids is 1. The molecule has 17 atom stereocenters. The second-order valence-electron chi connectivity index (χ2n) is 34.7. The van der Waals surface area contributed by atoms with Crippen molar-refractivity contribution in [1.82, 2.24) is 84.2 Å². The van der Waals surface area contributed by atoms with Crippen molar-refractivity contribution in [1.29, 1.82) is 0 Å². The van der Waals surface area contributed by atoms with E-state index in [2.05, 4.69) is 89.4 Å². The van der Waals surface area contributed by atoms with Gasteiger partial charge in [0, 0.05) is 32.7 Å². The summed E-state index contributed by atoms with van der Waals surface area (Å²) in [5, 5.41) is 46.5. The van der Waals surface area contributed by atoms with Gasteiger partial charge in [-0.05, 0) is 185 Å². The number of hydrogen-bond donors (Lipinski definition) is 25. The molecule has 2 saturated heterocycles. The highest BCUT2D eigenvalue weighted by molar-refractivity contribution is 6.01. The van der Waals surface area contributed by atoms with E-state index in [0.29, 0.717) is 77.2 Å². The van der Waals surface area contributed by atoms with Crippen molar-refractivity contribution < 1.29 is 86.6 Å². The number of carbonyl (C=O) groups excluding carboxylic acids is 16. The maximum Gasteiger partial charge on any atom is 0.326 e. The number of nitrogens with two attached hydrogens (primary N) is 10. The number of carbonyl (C=O) groups is 17. The molecule has 131 heavy (non-hydrogen) atoms. The number of nitrogens with one attached hydrogen (secondary N) is 14. The third-order valence-corrected chi connectivity index (χ3v) is 22.6. The Balaban J connectivity index is 2.28. The highest BCUT2D eigenvalue weighted by atomic mass is 16.4. The fourth-order valence-electron chi connectivity index (χ4n) is 14.6. The lowest BCUT2D eigenvalue weighted by atomic mass is 9.96. The summed E-state index contributed by atoms with van der Waals surface area (Å²) < 4.78 is 0. The molecule has 2 aliphatic rings. The first-order valence-corrected chi connectivity index (χ1v) is 45.8. The lowest BCUT2D eigenvalue weighted by molar-refractivity contribution is -0.148. The topological polar surface area (TPSA) is 783 Å². The van der Waals surface area contributed by atoms with Gasteiger partial charge in [0.05, 0.1) is 19.1 Å². The molecule has 2 fully saturated rings. The van der Waals surface area contributed by atoms with Crippen molar-refractivity contribution in [3.8, 4) is 0 Å². The van der Waals surface area contributed by atoms with E-state index in [-0.39, 0.29) is 140 Å². The molecule has 0 spiro atoms. The molecule has 0 bridgehead atoms. The molecule has 2 rings (SSSR count). The minimum Gasteiger partial charge on any atom is -0.480 e. The number of likely N-dealkylation sites (tertiary alicyclic amines) is 2. The molecule has 0 aromatic rings. The van der Waals surface area contributed by atoms with Crippen LogP contribution in [-0.2, 0) is 81.5 Å². The quantitative estimate of drug-likeness (QED) is 0.0153. The number of carboxylic acids is 1. The van der Waals surface area contributed by atoms with Crippen LogP contribution in [0.25, 0.3) is 0 Å². The molecule has 0 aliphatic carbocycles. The molecule has 2 heterocycles. The van der Waals surface area contributed by atoms with Crippen molar-refractivity contribution in [2.75, 3.05) is 65.4 Å². The van der Waals surface area contributed by atoms with Gasteiger partial charge in [-0.25, -0.2) is 4.79 Å². The van der Waals surface area contributed by atoms with E-state index in [0.717, 1.165) is 0 Å². The van der Waals surface area contributed by atoms with Crippen LogP contribution in [0.4, 0.5) is 0 Å². The molecule has 0 aromatic heterocycles. The summed E-state index contributed by atoms with van der Waals surface area (Å²) in [6.07, 6.45) is 5.67. The number of unbranched alkanes of at least 4 members (excludes halogenated alkanes) is 3. The Morgan fingerprint density at radius 2 is 0.733 bits per heavy atom. The second kappa shape index (κ2) is 61.3. The standard InChI is InChI=1S/C84H155N29O18/c1-13-48(9)65(110-68(117)50(11)100-61(114)43-98-70(119)58(42-45(3)4)107-73(122)55(28-17-20-36-87)105-75(124)59-32-24-40-112(59)80(129)60-33-25-41-113(60)79(128)57(31-23-39-97-84(93)94)106-69(118)52(88)26-15-18-34-85)76(125)99-44-62(115)102-53(29-21-37-95-82(89)90)71(120)101-51(12)67(116)103-54(27-16-19-35-86)72(121)104-56(30-22-38-96-83(91)92)74(123)108-63(46(5)6)77(126)109-64(47(7)8)78(127)111-66(81(130)131)49(10)14-2/h45-60,63-66H,13-44,85-88H2,1-12H3,(H,98,119)(H,99,125)(H,100,114)(H,101,120)(H,102,115)(H,103,116)(H,104,121)(H,105,124)(H,106,118)(H,107,122)(H,108,123)(H,109,126)(H,110,117)(H,111,127)(H,130,131)(H4,89,90,95)(H4,91,92,96)(H4,93,94,97)/t48-,49-,50-,51-,52-,53-,54-,55-,56-,57-,58-,59-,60-,63-,64-,65-,66-/m0/s1. The molecule has 35 N–H and O–H groups in total. The summed E-state index contributed by atoms with van der Waals surface area (Å²) in [6.45, 7) is 19.4. The van der Waals surface area contributed by atoms with Crippen LogP contribution in [0, 0.1) is 29.6 Å². The molecule has 16 amide bonds.